The molecule has 1 saturated heterocycles. The van der Waals surface area contributed by atoms with Crippen LogP contribution in [0.15, 0.2) is 72.0 Å². The molecule has 2 amide bonds. The molecule has 0 spiro atoms. The predicted molar refractivity (Wildman–Crippen MR) is 125 cm³/mol. The van der Waals surface area contributed by atoms with Crippen LogP contribution in [0.3, 0.4) is 0 Å². The number of aromatic nitrogens is 2. The maximum Gasteiger partial charge on any atom is 0.253 e. The van der Waals surface area contributed by atoms with Gasteiger partial charge in [-0.2, -0.15) is 0 Å². The monoisotopic (exact) mass is 445 g/mol. The summed E-state index contributed by atoms with van der Waals surface area (Å²) in [4.78, 5) is 40.1. The summed E-state index contributed by atoms with van der Waals surface area (Å²) >= 11 is 1.47. The third kappa shape index (κ3) is 4.18. The van der Waals surface area contributed by atoms with E-state index in [0.29, 0.717) is 31.0 Å². The van der Waals surface area contributed by atoms with Crippen LogP contribution in [0, 0.1) is 0 Å². The van der Waals surface area contributed by atoms with Gasteiger partial charge in [-0.05, 0) is 42.0 Å². The van der Waals surface area contributed by atoms with Crippen molar-refractivity contribution < 1.29 is 9.59 Å². The molecule has 3 aromatic rings. The van der Waals surface area contributed by atoms with E-state index in [9.17, 15) is 9.59 Å². The van der Waals surface area contributed by atoms with Crippen LogP contribution in [0.2, 0.25) is 0 Å². The Labute approximate surface area is 191 Å². The fraction of sp³-hybridized carbons (Fsp3) is 0.250. The molecule has 0 aliphatic carbocycles. The van der Waals surface area contributed by atoms with Crippen LogP contribution in [-0.4, -0.2) is 58.6 Å². The number of piperazine rings is 1. The third-order valence-corrected chi connectivity index (χ3v) is 6.74. The number of thioether (sulfide) groups is 1. The minimum atomic E-state index is 0.0391. The second-order valence-electron chi connectivity index (χ2n) is 7.76. The van der Waals surface area contributed by atoms with E-state index in [4.69, 9.17) is 0 Å². The van der Waals surface area contributed by atoms with E-state index < -0.39 is 0 Å². The lowest BCUT2D eigenvalue weighted by molar-refractivity contribution is -0.116. The van der Waals surface area contributed by atoms with Gasteiger partial charge in [0, 0.05) is 44.1 Å². The van der Waals surface area contributed by atoms with Crippen LogP contribution in [0.5, 0.6) is 0 Å². The second-order valence-corrected chi connectivity index (χ2v) is 8.72. The Morgan fingerprint density at radius 3 is 2.44 bits per heavy atom. The fourth-order valence-corrected chi connectivity index (χ4v) is 4.89. The smallest absolute Gasteiger partial charge is 0.253 e. The summed E-state index contributed by atoms with van der Waals surface area (Å²) in [5.41, 5.74) is 2.50. The Morgan fingerprint density at radius 1 is 0.906 bits per heavy atom. The minimum absolute atomic E-state index is 0.0391. The van der Waals surface area contributed by atoms with Gasteiger partial charge in [-0.3, -0.25) is 9.59 Å². The number of fused-ring (bicyclic) bond motifs is 1. The highest BCUT2D eigenvalue weighted by Crippen LogP contribution is 2.34. The average Bonchev–Trinajstić information content (AvgIpc) is 2.86. The second kappa shape index (κ2) is 9.00. The van der Waals surface area contributed by atoms with E-state index in [0.717, 1.165) is 35.2 Å². The molecule has 2 aliphatic heterocycles. The molecule has 8 heteroatoms. The first-order valence-electron chi connectivity index (χ1n) is 10.6. The molecule has 0 bridgehead atoms. The molecular weight excluding hydrogens is 422 g/mol. The SMILES string of the molecule is O=C(c1ccc(CN2C(=O)CSc3ncccc32)cc1)N1CCN(c2ccccn2)CC1. The Balaban J connectivity index is 1.23. The highest BCUT2D eigenvalue weighted by molar-refractivity contribution is 8.00. The molecule has 1 fully saturated rings. The first-order chi connectivity index (χ1) is 15.7. The number of rotatable bonds is 4. The van der Waals surface area contributed by atoms with Crippen molar-refractivity contribution in [3.05, 3.63) is 78.1 Å². The van der Waals surface area contributed by atoms with Gasteiger partial charge in [0.1, 0.15) is 10.8 Å². The molecule has 32 heavy (non-hydrogen) atoms. The van der Waals surface area contributed by atoms with Crippen LogP contribution < -0.4 is 9.80 Å². The molecule has 0 unspecified atom stereocenters. The summed E-state index contributed by atoms with van der Waals surface area (Å²) in [6.45, 7) is 3.34. The van der Waals surface area contributed by atoms with E-state index in [2.05, 4.69) is 14.9 Å². The van der Waals surface area contributed by atoms with Crippen molar-refractivity contribution in [2.24, 2.45) is 0 Å². The number of benzene rings is 1. The number of hydrogen-bond donors (Lipinski definition) is 0. The van der Waals surface area contributed by atoms with Gasteiger partial charge in [0.15, 0.2) is 0 Å². The lowest BCUT2D eigenvalue weighted by Crippen LogP contribution is -2.49. The molecule has 162 valence electrons. The van der Waals surface area contributed by atoms with Crippen molar-refractivity contribution in [1.29, 1.82) is 0 Å². The lowest BCUT2D eigenvalue weighted by atomic mass is 10.1. The Kier molecular flexibility index (Phi) is 5.77. The number of carbonyl (C=O) groups is 2. The first kappa shape index (κ1) is 20.5. The van der Waals surface area contributed by atoms with Gasteiger partial charge in [0.2, 0.25) is 5.91 Å². The van der Waals surface area contributed by atoms with Gasteiger partial charge < -0.3 is 14.7 Å². The largest absolute Gasteiger partial charge is 0.353 e. The molecule has 0 atom stereocenters. The van der Waals surface area contributed by atoms with Crippen LogP contribution in [-0.2, 0) is 11.3 Å². The number of hydrogen-bond acceptors (Lipinski definition) is 6. The Hall–Kier alpha value is -3.39. The fourth-order valence-electron chi connectivity index (χ4n) is 4.01. The molecular formula is C24H23N5O2S. The van der Waals surface area contributed by atoms with Gasteiger partial charge in [0.25, 0.3) is 5.91 Å². The van der Waals surface area contributed by atoms with Crippen molar-refractivity contribution in [2.75, 3.05) is 41.7 Å². The van der Waals surface area contributed by atoms with Crippen molar-refractivity contribution in [3.8, 4) is 0 Å². The molecule has 2 aromatic heterocycles. The Bertz CT molecular complexity index is 1110. The Morgan fingerprint density at radius 2 is 1.69 bits per heavy atom. The molecule has 0 radical (unpaired) electrons. The van der Waals surface area contributed by atoms with Crippen molar-refractivity contribution in [2.45, 2.75) is 11.6 Å². The quantitative estimate of drug-likeness (QED) is 0.615. The maximum atomic E-state index is 13.0. The molecule has 4 heterocycles. The van der Waals surface area contributed by atoms with Gasteiger partial charge in [0.05, 0.1) is 18.0 Å². The van der Waals surface area contributed by atoms with Crippen molar-refractivity contribution >= 4 is 35.1 Å². The summed E-state index contributed by atoms with van der Waals surface area (Å²) in [5.74, 6) is 1.45. The van der Waals surface area contributed by atoms with Crippen LogP contribution >= 0.6 is 11.8 Å². The zero-order valence-corrected chi connectivity index (χ0v) is 18.4. The molecule has 7 nitrogen and oxygen atoms in total. The summed E-state index contributed by atoms with van der Waals surface area (Å²) in [5, 5.41) is 0.878. The lowest BCUT2D eigenvalue weighted by Gasteiger charge is -2.35. The average molecular weight is 446 g/mol. The molecule has 0 saturated carbocycles. The maximum absolute atomic E-state index is 13.0. The van der Waals surface area contributed by atoms with Crippen molar-refractivity contribution in [3.63, 3.8) is 0 Å². The summed E-state index contributed by atoms with van der Waals surface area (Å²) in [7, 11) is 0. The molecule has 1 aromatic carbocycles. The number of anilines is 2. The van der Waals surface area contributed by atoms with Crippen LogP contribution in [0.25, 0.3) is 0 Å². The van der Waals surface area contributed by atoms with Gasteiger partial charge in [-0.25, -0.2) is 9.97 Å². The predicted octanol–water partition coefficient (Wildman–Crippen LogP) is 3.08. The van der Waals surface area contributed by atoms with E-state index >= 15 is 0 Å². The van der Waals surface area contributed by atoms with E-state index in [-0.39, 0.29) is 11.8 Å². The van der Waals surface area contributed by atoms with Gasteiger partial charge in [-0.15, -0.1) is 0 Å². The molecule has 5 rings (SSSR count). The van der Waals surface area contributed by atoms with Crippen LogP contribution in [0.4, 0.5) is 11.5 Å². The highest BCUT2D eigenvalue weighted by Gasteiger charge is 2.26. The number of carbonyl (C=O) groups excluding carboxylic acids is 2. The van der Waals surface area contributed by atoms with Gasteiger partial charge in [-0.1, -0.05) is 30.0 Å². The van der Waals surface area contributed by atoms with E-state index in [1.807, 2.05) is 59.5 Å². The van der Waals surface area contributed by atoms with E-state index in [1.165, 1.54) is 11.8 Å². The van der Waals surface area contributed by atoms with Gasteiger partial charge >= 0.3 is 0 Å². The normalized spacial score (nSPS) is 16.1. The standard InChI is InChI=1S/C24H23N5O2S/c30-22-17-32-23-20(4-3-11-26-23)29(22)16-18-6-8-19(9-7-18)24(31)28-14-12-27(13-15-28)21-5-1-2-10-25-21/h1-11H,12-17H2. The zero-order valence-electron chi connectivity index (χ0n) is 17.6. The van der Waals surface area contributed by atoms with Crippen molar-refractivity contribution in [1.82, 2.24) is 14.9 Å². The summed E-state index contributed by atoms with van der Waals surface area (Å²) < 4.78 is 0. The number of amides is 2. The molecule has 2 aliphatic rings. The summed E-state index contributed by atoms with van der Waals surface area (Å²) in [6.07, 6.45) is 3.54. The topological polar surface area (TPSA) is 69.6 Å². The third-order valence-electron chi connectivity index (χ3n) is 5.76. The minimum Gasteiger partial charge on any atom is -0.353 e. The number of nitrogens with zero attached hydrogens (tertiary/aromatic N) is 5. The zero-order chi connectivity index (χ0) is 21.9. The first-order valence-corrected chi connectivity index (χ1v) is 11.6. The molecule has 0 N–H and O–H groups in total. The summed E-state index contributed by atoms with van der Waals surface area (Å²) in [6, 6.07) is 17.2. The van der Waals surface area contributed by atoms with Crippen LogP contribution in [0.1, 0.15) is 15.9 Å². The number of pyridine rings is 2. The van der Waals surface area contributed by atoms with E-state index in [1.54, 1.807) is 17.3 Å². The highest BCUT2D eigenvalue weighted by atomic mass is 32.2.